The fourth-order valence-electron chi connectivity index (χ4n) is 3.88. The first kappa shape index (κ1) is 11.8. The molecule has 1 heterocycles. The standard InChI is InChI=1S/C14H20N2O2/c1-13(2)8-5-6-9(10(13)7-8)14(3)11(17)15-12(18)16(14)4/h6,8,10H,5,7H2,1-4H3,(H,15,17,18). The molecule has 0 aromatic heterocycles. The molecule has 1 N–H and O–H groups in total. The smallest absolute Gasteiger partial charge is 0.309 e. The van der Waals surface area contributed by atoms with E-state index in [1.165, 1.54) is 0 Å². The van der Waals surface area contributed by atoms with Gasteiger partial charge in [-0.05, 0) is 42.6 Å². The zero-order chi connectivity index (χ0) is 13.3. The van der Waals surface area contributed by atoms with E-state index in [1.54, 1.807) is 11.9 Å². The van der Waals surface area contributed by atoms with Crippen LogP contribution in [0.25, 0.3) is 0 Å². The van der Waals surface area contributed by atoms with Gasteiger partial charge in [-0.15, -0.1) is 0 Å². The molecule has 18 heavy (non-hydrogen) atoms. The number of likely N-dealkylation sites (N-methyl/N-ethyl adjacent to an activating group) is 1. The monoisotopic (exact) mass is 248 g/mol. The van der Waals surface area contributed by atoms with Crippen LogP contribution in [0.3, 0.4) is 0 Å². The maximum Gasteiger partial charge on any atom is 0.325 e. The Balaban J connectivity index is 2.03. The van der Waals surface area contributed by atoms with Crippen LogP contribution in [0, 0.1) is 17.3 Å². The van der Waals surface area contributed by atoms with Gasteiger partial charge in [0.2, 0.25) is 0 Å². The Bertz CT molecular complexity index is 480. The van der Waals surface area contributed by atoms with Crippen molar-refractivity contribution < 1.29 is 9.59 Å². The maximum absolute atomic E-state index is 12.2. The largest absolute Gasteiger partial charge is 0.325 e. The SMILES string of the molecule is CN1C(=O)NC(=O)C1(C)C1=CCC2CC1C2(C)C. The van der Waals surface area contributed by atoms with E-state index in [-0.39, 0.29) is 17.4 Å². The number of hydrogen-bond acceptors (Lipinski definition) is 2. The van der Waals surface area contributed by atoms with Crippen molar-refractivity contribution in [2.24, 2.45) is 17.3 Å². The Hall–Kier alpha value is -1.32. The van der Waals surface area contributed by atoms with Gasteiger partial charge in [-0.2, -0.15) is 0 Å². The summed E-state index contributed by atoms with van der Waals surface area (Å²) in [4.78, 5) is 25.4. The summed E-state index contributed by atoms with van der Waals surface area (Å²) in [6.07, 6.45) is 4.38. The van der Waals surface area contributed by atoms with Crippen molar-refractivity contribution >= 4 is 11.9 Å². The van der Waals surface area contributed by atoms with Gasteiger partial charge in [0.25, 0.3) is 5.91 Å². The predicted octanol–water partition coefficient (Wildman–Crippen LogP) is 1.92. The summed E-state index contributed by atoms with van der Waals surface area (Å²) in [6, 6.07) is -0.289. The third-order valence-electron chi connectivity index (χ3n) is 5.67. The highest BCUT2D eigenvalue weighted by Crippen LogP contribution is 2.61. The summed E-state index contributed by atoms with van der Waals surface area (Å²) in [5.41, 5.74) is 0.616. The summed E-state index contributed by atoms with van der Waals surface area (Å²) in [7, 11) is 1.71. The van der Waals surface area contributed by atoms with Crippen molar-refractivity contribution in [3.05, 3.63) is 11.6 Å². The number of fused-ring (bicyclic) bond motifs is 1. The summed E-state index contributed by atoms with van der Waals surface area (Å²) in [5.74, 6) is 0.989. The Labute approximate surface area is 107 Å². The quantitative estimate of drug-likeness (QED) is 0.569. The van der Waals surface area contributed by atoms with Crippen LogP contribution in [-0.2, 0) is 4.79 Å². The van der Waals surface area contributed by atoms with Gasteiger partial charge in [0, 0.05) is 7.05 Å². The van der Waals surface area contributed by atoms with E-state index in [2.05, 4.69) is 25.2 Å². The van der Waals surface area contributed by atoms with E-state index in [4.69, 9.17) is 0 Å². The number of hydrogen-bond donors (Lipinski definition) is 1. The molecule has 3 aliphatic carbocycles. The fraction of sp³-hybridized carbons (Fsp3) is 0.714. The number of nitrogens with one attached hydrogen (secondary N) is 1. The van der Waals surface area contributed by atoms with Crippen LogP contribution >= 0.6 is 0 Å². The number of imide groups is 1. The van der Waals surface area contributed by atoms with Crippen LogP contribution in [0.2, 0.25) is 0 Å². The minimum absolute atomic E-state index is 0.178. The van der Waals surface area contributed by atoms with Crippen molar-refractivity contribution in [3.8, 4) is 0 Å². The summed E-state index contributed by atoms with van der Waals surface area (Å²) in [5, 5.41) is 2.43. The van der Waals surface area contributed by atoms with Gasteiger partial charge in [0.15, 0.2) is 0 Å². The van der Waals surface area contributed by atoms with Crippen molar-refractivity contribution in [1.29, 1.82) is 0 Å². The molecule has 4 nitrogen and oxygen atoms in total. The van der Waals surface area contributed by atoms with E-state index in [0.717, 1.165) is 24.3 Å². The molecule has 0 aromatic rings. The second-order valence-electron chi connectivity index (χ2n) is 6.59. The molecule has 2 bridgehead atoms. The van der Waals surface area contributed by atoms with Gasteiger partial charge in [0.1, 0.15) is 5.54 Å². The molecule has 0 aromatic carbocycles. The molecule has 0 spiro atoms. The Morgan fingerprint density at radius 1 is 1.33 bits per heavy atom. The number of urea groups is 1. The predicted molar refractivity (Wildman–Crippen MR) is 67.8 cm³/mol. The first-order chi connectivity index (χ1) is 8.29. The summed E-state index contributed by atoms with van der Waals surface area (Å²) in [6.45, 7) is 6.42. The zero-order valence-electron chi connectivity index (χ0n) is 11.4. The normalized spacial score (nSPS) is 41.3. The molecule has 1 saturated heterocycles. The topological polar surface area (TPSA) is 49.4 Å². The van der Waals surface area contributed by atoms with Gasteiger partial charge in [0.05, 0.1) is 0 Å². The minimum atomic E-state index is -0.787. The fourth-order valence-corrected chi connectivity index (χ4v) is 3.88. The van der Waals surface area contributed by atoms with Crippen molar-refractivity contribution in [2.75, 3.05) is 7.05 Å². The van der Waals surface area contributed by atoms with Crippen molar-refractivity contribution in [2.45, 2.75) is 39.2 Å². The molecule has 0 radical (unpaired) electrons. The highest BCUT2D eigenvalue weighted by Gasteiger charge is 2.60. The lowest BCUT2D eigenvalue weighted by atomic mass is 9.47. The highest BCUT2D eigenvalue weighted by molar-refractivity contribution is 6.08. The van der Waals surface area contributed by atoms with E-state index in [1.807, 2.05) is 6.92 Å². The number of carbonyl (C=O) groups is 2. The average molecular weight is 248 g/mol. The third kappa shape index (κ3) is 1.11. The van der Waals surface area contributed by atoms with Crippen LogP contribution in [0.1, 0.15) is 33.6 Å². The molecule has 4 aliphatic rings. The lowest BCUT2D eigenvalue weighted by Gasteiger charge is -2.59. The van der Waals surface area contributed by atoms with Crippen LogP contribution in [-0.4, -0.2) is 29.4 Å². The molecule has 98 valence electrons. The van der Waals surface area contributed by atoms with Crippen molar-refractivity contribution in [3.63, 3.8) is 0 Å². The van der Waals surface area contributed by atoms with Crippen molar-refractivity contribution in [1.82, 2.24) is 10.2 Å². The number of rotatable bonds is 1. The highest BCUT2D eigenvalue weighted by atomic mass is 16.2. The number of carbonyl (C=O) groups excluding carboxylic acids is 2. The summed E-state index contributed by atoms with van der Waals surface area (Å²) < 4.78 is 0. The van der Waals surface area contributed by atoms with Gasteiger partial charge >= 0.3 is 6.03 Å². The molecule has 4 rings (SSSR count). The van der Waals surface area contributed by atoms with E-state index in [0.29, 0.717) is 5.92 Å². The second-order valence-corrected chi connectivity index (χ2v) is 6.59. The molecule has 1 aliphatic heterocycles. The van der Waals surface area contributed by atoms with E-state index >= 15 is 0 Å². The van der Waals surface area contributed by atoms with Crippen LogP contribution in [0.4, 0.5) is 4.79 Å². The average Bonchev–Trinajstić information content (AvgIpc) is 2.54. The Morgan fingerprint density at radius 2 is 2.00 bits per heavy atom. The number of allylic oxidation sites excluding steroid dienone is 1. The van der Waals surface area contributed by atoms with Crippen LogP contribution in [0.5, 0.6) is 0 Å². The molecule has 4 heteroatoms. The molecular weight excluding hydrogens is 228 g/mol. The molecule has 1 saturated carbocycles. The first-order valence-electron chi connectivity index (χ1n) is 6.59. The Kier molecular flexibility index (Phi) is 2.07. The van der Waals surface area contributed by atoms with Gasteiger partial charge < -0.3 is 4.90 Å². The van der Waals surface area contributed by atoms with Gasteiger partial charge in [-0.25, -0.2) is 4.79 Å². The maximum atomic E-state index is 12.2. The lowest BCUT2D eigenvalue weighted by molar-refractivity contribution is -0.125. The second kappa shape index (κ2) is 3.16. The Morgan fingerprint density at radius 3 is 2.44 bits per heavy atom. The molecule has 2 fully saturated rings. The first-order valence-corrected chi connectivity index (χ1v) is 6.59. The van der Waals surface area contributed by atoms with Gasteiger partial charge in [-0.1, -0.05) is 19.9 Å². The van der Waals surface area contributed by atoms with E-state index < -0.39 is 5.54 Å². The lowest BCUT2D eigenvalue weighted by Crippen LogP contribution is -2.57. The number of nitrogens with zero attached hydrogens (tertiary/aromatic N) is 1. The van der Waals surface area contributed by atoms with Crippen LogP contribution in [0.15, 0.2) is 11.6 Å². The molecule has 3 amide bonds. The van der Waals surface area contributed by atoms with E-state index in [9.17, 15) is 9.59 Å². The van der Waals surface area contributed by atoms with Gasteiger partial charge in [-0.3, -0.25) is 10.1 Å². The molecular formula is C14H20N2O2. The molecule has 3 unspecified atom stereocenters. The number of amides is 3. The van der Waals surface area contributed by atoms with Crippen LogP contribution < -0.4 is 5.32 Å². The third-order valence-corrected chi connectivity index (χ3v) is 5.67. The minimum Gasteiger partial charge on any atom is -0.309 e. The summed E-state index contributed by atoms with van der Waals surface area (Å²) >= 11 is 0. The zero-order valence-corrected chi connectivity index (χ0v) is 11.4. The molecule has 3 atom stereocenters.